The molecule has 14 nitrogen and oxygen atoms in total. The fourth-order valence-corrected chi connectivity index (χ4v) is 4.88. The van der Waals surface area contributed by atoms with E-state index >= 15 is 0 Å². The van der Waals surface area contributed by atoms with Crippen LogP contribution in [0, 0.1) is 0 Å². The molecule has 230 valence electrons. The number of imide groups is 1. The third-order valence-electron chi connectivity index (χ3n) is 6.95. The molecule has 0 aliphatic carbocycles. The van der Waals surface area contributed by atoms with Crippen LogP contribution in [0.2, 0.25) is 0 Å². The lowest BCUT2D eigenvalue weighted by Crippen LogP contribution is -2.50. The normalized spacial score (nSPS) is 13.7. The van der Waals surface area contributed by atoms with Gasteiger partial charge in [0.1, 0.15) is 12.1 Å². The van der Waals surface area contributed by atoms with Crippen molar-refractivity contribution in [3.63, 3.8) is 0 Å². The van der Waals surface area contributed by atoms with Gasteiger partial charge in [0.25, 0.3) is 11.8 Å². The van der Waals surface area contributed by atoms with Crippen LogP contribution in [-0.4, -0.2) is 95.9 Å². The van der Waals surface area contributed by atoms with Gasteiger partial charge >= 0.3 is 11.9 Å². The van der Waals surface area contributed by atoms with E-state index in [1.165, 1.54) is 6.92 Å². The lowest BCUT2D eigenvalue weighted by Gasteiger charge is -2.29. The van der Waals surface area contributed by atoms with E-state index in [4.69, 9.17) is 5.11 Å². The molecule has 0 radical (unpaired) electrons. The van der Waals surface area contributed by atoms with Gasteiger partial charge in [-0.2, -0.15) is 0 Å². The second-order valence-corrected chi connectivity index (χ2v) is 10.3. The highest BCUT2D eigenvalue weighted by molar-refractivity contribution is 6.26. The van der Waals surface area contributed by atoms with Crippen molar-refractivity contribution in [1.29, 1.82) is 0 Å². The van der Waals surface area contributed by atoms with E-state index in [0.29, 0.717) is 16.5 Å². The fraction of sp³-hybridized carbons (Fsp3) is 0.414. The summed E-state index contributed by atoms with van der Waals surface area (Å²) in [6.45, 7) is 0.856. The molecule has 1 heterocycles. The minimum atomic E-state index is -1.34. The van der Waals surface area contributed by atoms with Gasteiger partial charge in [0, 0.05) is 74.5 Å². The second kappa shape index (κ2) is 14.2. The number of benzene rings is 2. The van der Waals surface area contributed by atoms with Gasteiger partial charge in [0.15, 0.2) is 0 Å². The van der Waals surface area contributed by atoms with Gasteiger partial charge in [-0.05, 0) is 37.5 Å². The minimum Gasteiger partial charge on any atom is -0.481 e. The Hall–Kier alpha value is -5.01. The van der Waals surface area contributed by atoms with E-state index in [9.17, 15) is 38.7 Å². The Bertz CT molecular complexity index is 1430. The maximum atomic E-state index is 13.4. The van der Waals surface area contributed by atoms with Crippen LogP contribution >= 0.6 is 0 Å². The number of nitrogens with zero attached hydrogens (tertiary/aromatic N) is 2. The molecule has 43 heavy (non-hydrogen) atoms. The molecule has 5 N–H and O–H groups in total. The summed E-state index contributed by atoms with van der Waals surface area (Å²) in [4.78, 5) is 88.6. The summed E-state index contributed by atoms with van der Waals surface area (Å²) in [5.41, 5.74) is 1.54. The molecule has 0 aromatic heterocycles. The summed E-state index contributed by atoms with van der Waals surface area (Å²) in [5, 5.41) is 26.7. The average Bonchev–Trinajstić information content (AvgIpc) is 2.93. The topological polar surface area (TPSA) is 203 Å². The number of nitrogens with one attached hydrogen (secondary N) is 3. The molecular weight excluding hydrogens is 562 g/mol. The maximum Gasteiger partial charge on any atom is 0.326 e. The van der Waals surface area contributed by atoms with E-state index < -0.39 is 53.6 Å². The summed E-state index contributed by atoms with van der Waals surface area (Å²) in [6, 6.07) is 6.18. The Morgan fingerprint density at radius 2 is 1.56 bits per heavy atom. The molecular formula is C29H35N5O9. The van der Waals surface area contributed by atoms with E-state index in [1.807, 2.05) is 25.1 Å². The number of anilines is 1. The molecule has 3 rings (SSSR count). The molecule has 2 aromatic carbocycles. The smallest absolute Gasteiger partial charge is 0.326 e. The van der Waals surface area contributed by atoms with Crippen molar-refractivity contribution in [2.45, 2.75) is 51.1 Å². The molecule has 14 heteroatoms. The van der Waals surface area contributed by atoms with Crippen LogP contribution in [0.5, 0.6) is 0 Å². The summed E-state index contributed by atoms with van der Waals surface area (Å²) in [6.07, 6.45) is -0.650. The summed E-state index contributed by atoms with van der Waals surface area (Å²) < 4.78 is 0. The average molecular weight is 598 g/mol. The predicted octanol–water partition coefficient (Wildman–Crippen LogP) is 0.727. The first-order chi connectivity index (χ1) is 20.3. The van der Waals surface area contributed by atoms with Crippen LogP contribution < -0.4 is 20.9 Å². The van der Waals surface area contributed by atoms with Crippen molar-refractivity contribution < 1.29 is 43.8 Å². The van der Waals surface area contributed by atoms with Crippen LogP contribution in [0.4, 0.5) is 5.69 Å². The summed E-state index contributed by atoms with van der Waals surface area (Å²) >= 11 is 0. The fourth-order valence-electron chi connectivity index (χ4n) is 4.88. The molecule has 1 aliphatic rings. The van der Waals surface area contributed by atoms with Crippen molar-refractivity contribution in [2.24, 2.45) is 0 Å². The van der Waals surface area contributed by atoms with Crippen molar-refractivity contribution in [2.75, 3.05) is 32.1 Å². The van der Waals surface area contributed by atoms with Gasteiger partial charge in [-0.25, -0.2) is 4.79 Å². The molecule has 0 saturated carbocycles. The molecule has 2 aromatic rings. The first-order valence-electron chi connectivity index (χ1n) is 13.7. The first-order valence-corrected chi connectivity index (χ1v) is 13.7. The third kappa shape index (κ3) is 8.05. The minimum absolute atomic E-state index is 0.0442. The predicted molar refractivity (Wildman–Crippen MR) is 155 cm³/mol. The monoisotopic (exact) mass is 597 g/mol. The highest BCUT2D eigenvalue weighted by Crippen LogP contribution is 2.35. The van der Waals surface area contributed by atoms with Gasteiger partial charge in [-0.15, -0.1) is 0 Å². The van der Waals surface area contributed by atoms with Crippen LogP contribution in [0.25, 0.3) is 10.8 Å². The first kappa shape index (κ1) is 32.5. The molecule has 5 amide bonds. The zero-order valence-electron chi connectivity index (χ0n) is 24.1. The molecule has 0 fully saturated rings. The van der Waals surface area contributed by atoms with E-state index in [1.54, 1.807) is 24.3 Å². The number of amides is 5. The standard InChI is InChI=1S/C29H35N5O9/c1-16(35)31-20(26(39)30-14-12-21(29(42)43)32-23(36)8-5-9-24(37)38)13-15-34-27(40)18-7-4-6-17-22(33(2)3)11-10-19(25(17)18)28(34)41/h4,6-7,10-11,20-21H,5,8-9,12-15H2,1-3H3,(H,30,39)(H,31,35)(H,32,36)(H,37,38)(H,42,43)/t20-,21-/m1/s1. The Balaban J connectivity index is 1.65. The molecule has 2 atom stereocenters. The van der Waals surface area contributed by atoms with E-state index in [-0.39, 0.29) is 45.2 Å². The second-order valence-electron chi connectivity index (χ2n) is 10.3. The lowest BCUT2D eigenvalue weighted by molar-refractivity contribution is -0.142. The number of carboxylic acids is 2. The lowest BCUT2D eigenvalue weighted by atomic mass is 9.92. The van der Waals surface area contributed by atoms with Gasteiger partial charge in [-0.3, -0.25) is 33.7 Å². The number of hydrogen-bond acceptors (Lipinski definition) is 8. The van der Waals surface area contributed by atoms with E-state index in [2.05, 4.69) is 16.0 Å². The van der Waals surface area contributed by atoms with Gasteiger partial charge in [-0.1, -0.05) is 12.1 Å². The molecule has 0 saturated heterocycles. The quantitative estimate of drug-likeness (QED) is 0.182. The number of rotatable bonds is 15. The van der Waals surface area contributed by atoms with Crippen molar-refractivity contribution >= 4 is 57.9 Å². The summed E-state index contributed by atoms with van der Waals surface area (Å²) in [5.74, 6) is -5.29. The molecule has 0 unspecified atom stereocenters. The largest absolute Gasteiger partial charge is 0.481 e. The van der Waals surface area contributed by atoms with Gasteiger partial charge in [0.2, 0.25) is 17.7 Å². The van der Waals surface area contributed by atoms with Gasteiger partial charge < -0.3 is 31.1 Å². The Morgan fingerprint density at radius 3 is 2.16 bits per heavy atom. The Morgan fingerprint density at radius 1 is 0.884 bits per heavy atom. The number of carboxylic acid groups (broad SMARTS) is 2. The summed E-state index contributed by atoms with van der Waals surface area (Å²) in [7, 11) is 3.72. The maximum absolute atomic E-state index is 13.4. The number of hydrogen-bond donors (Lipinski definition) is 5. The Kier molecular flexibility index (Phi) is 10.8. The Labute approximate surface area is 247 Å². The van der Waals surface area contributed by atoms with Gasteiger partial charge in [0.05, 0.1) is 0 Å². The molecule has 1 aliphatic heterocycles. The van der Waals surface area contributed by atoms with Crippen molar-refractivity contribution in [3.8, 4) is 0 Å². The van der Waals surface area contributed by atoms with Crippen molar-refractivity contribution in [3.05, 3.63) is 41.5 Å². The SMILES string of the molecule is CC(=O)N[C@H](CCN1C(=O)c2cccc3c(N(C)C)ccc(c23)C1=O)C(=O)NCC[C@@H](NC(=O)CCCC(=O)O)C(=O)O. The zero-order chi connectivity index (χ0) is 31.8. The van der Waals surface area contributed by atoms with Crippen molar-refractivity contribution in [1.82, 2.24) is 20.9 Å². The zero-order valence-corrected chi connectivity index (χ0v) is 24.1. The number of aliphatic carboxylic acids is 2. The van der Waals surface area contributed by atoms with Crippen LogP contribution in [0.3, 0.4) is 0 Å². The third-order valence-corrected chi connectivity index (χ3v) is 6.95. The van der Waals surface area contributed by atoms with Crippen LogP contribution in [-0.2, 0) is 24.0 Å². The van der Waals surface area contributed by atoms with Crippen LogP contribution in [0.15, 0.2) is 30.3 Å². The van der Waals surface area contributed by atoms with E-state index in [0.717, 1.165) is 16.0 Å². The number of carbonyl (C=O) groups excluding carboxylic acids is 5. The number of carbonyl (C=O) groups is 7. The molecule has 0 spiro atoms. The highest BCUT2D eigenvalue weighted by atomic mass is 16.4. The molecule has 0 bridgehead atoms. The van der Waals surface area contributed by atoms with Crippen LogP contribution in [0.1, 0.15) is 59.7 Å². The highest BCUT2D eigenvalue weighted by Gasteiger charge is 2.34.